The van der Waals surface area contributed by atoms with Gasteiger partial charge in [0.2, 0.25) is 5.91 Å². The highest BCUT2D eigenvalue weighted by Gasteiger charge is 2.10. The molecule has 0 bridgehead atoms. The summed E-state index contributed by atoms with van der Waals surface area (Å²) in [4.78, 5) is 26.4. The maximum absolute atomic E-state index is 11.6. The third kappa shape index (κ3) is 2.67. The van der Waals surface area contributed by atoms with Gasteiger partial charge in [-0.2, -0.15) is 4.98 Å². The number of carbonyl (C=O) groups is 1. The van der Waals surface area contributed by atoms with Crippen molar-refractivity contribution >= 4 is 21.8 Å². The minimum Gasteiger partial charge on any atom is -0.295 e. The van der Waals surface area contributed by atoms with Gasteiger partial charge in [0.15, 0.2) is 0 Å². The Hall–Kier alpha value is -1.21. The predicted molar refractivity (Wildman–Crippen MR) is 62.6 cm³/mol. The van der Waals surface area contributed by atoms with E-state index in [1.54, 1.807) is 13.8 Å². The van der Waals surface area contributed by atoms with E-state index >= 15 is 0 Å². The summed E-state index contributed by atoms with van der Waals surface area (Å²) in [5.41, 5.74) is 3.05. The molecule has 1 aromatic rings. The molecule has 16 heavy (non-hydrogen) atoms. The van der Waals surface area contributed by atoms with E-state index in [1.807, 2.05) is 5.43 Å². The molecule has 0 aliphatic rings. The number of nitrogens with zero attached hydrogens (tertiary/aromatic N) is 2. The van der Waals surface area contributed by atoms with Crippen LogP contribution < -0.4 is 17.0 Å². The molecular formula is C9H13BrN4O2. The Labute approximate surface area is 101 Å². The molecule has 6 nitrogen and oxygen atoms in total. The van der Waals surface area contributed by atoms with Crippen molar-refractivity contribution in [2.75, 3.05) is 0 Å². The lowest BCUT2D eigenvalue weighted by molar-refractivity contribution is -0.121. The predicted octanol–water partition coefficient (Wildman–Crippen LogP) is 0.00264. The molecule has 0 saturated carbocycles. The first kappa shape index (κ1) is 12.9. The number of nitrogens with two attached hydrogens (primary N) is 1. The summed E-state index contributed by atoms with van der Waals surface area (Å²) in [6, 6.07) is 0. The SMILES string of the molecule is Cc1nc(=O)n(CCC(=O)NN)c(C)c1Br. The fourth-order valence-electron chi connectivity index (χ4n) is 1.33. The maximum atomic E-state index is 11.6. The van der Waals surface area contributed by atoms with E-state index < -0.39 is 0 Å². The fraction of sp³-hybridized carbons (Fsp3) is 0.444. The molecule has 0 aromatic carbocycles. The third-order valence-electron chi connectivity index (χ3n) is 2.26. The van der Waals surface area contributed by atoms with Gasteiger partial charge in [0.05, 0.1) is 10.2 Å². The van der Waals surface area contributed by atoms with Crippen molar-refractivity contribution in [1.29, 1.82) is 0 Å². The molecule has 1 heterocycles. The summed E-state index contributed by atoms with van der Waals surface area (Å²) < 4.78 is 2.21. The second-order valence-corrected chi connectivity index (χ2v) is 4.14. The molecule has 0 saturated heterocycles. The monoisotopic (exact) mass is 288 g/mol. The molecule has 0 unspecified atom stereocenters. The number of amides is 1. The van der Waals surface area contributed by atoms with Crippen LogP contribution in [0.2, 0.25) is 0 Å². The molecule has 3 N–H and O–H groups in total. The minimum atomic E-state index is -0.358. The van der Waals surface area contributed by atoms with Gasteiger partial charge in [-0.1, -0.05) is 0 Å². The lowest BCUT2D eigenvalue weighted by Crippen LogP contribution is -2.33. The lowest BCUT2D eigenvalue weighted by Gasteiger charge is -2.11. The number of hydrazine groups is 1. The Morgan fingerprint density at radius 3 is 2.75 bits per heavy atom. The van der Waals surface area contributed by atoms with Crippen LogP contribution in [0.5, 0.6) is 0 Å². The summed E-state index contributed by atoms with van der Waals surface area (Å²) >= 11 is 3.34. The Morgan fingerprint density at radius 2 is 2.19 bits per heavy atom. The number of hydrogen-bond acceptors (Lipinski definition) is 4. The molecule has 0 fully saturated rings. The number of nitrogens with one attached hydrogen (secondary N) is 1. The molecule has 0 spiro atoms. The van der Waals surface area contributed by atoms with Gasteiger partial charge in [0, 0.05) is 18.7 Å². The summed E-state index contributed by atoms with van der Waals surface area (Å²) in [5.74, 6) is 4.64. The highest BCUT2D eigenvalue weighted by molar-refractivity contribution is 9.10. The van der Waals surface area contributed by atoms with Crippen molar-refractivity contribution in [1.82, 2.24) is 15.0 Å². The Kier molecular flexibility index (Phi) is 4.19. The number of carbonyl (C=O) groups excluding carboxylic acids is 1. The zero-order valence-corrected chi connectivity index (χ0v) is 10.7. The van der Waals surface area contributed by atoms with Crippen LogP contribution in [0.3, 0.4) is 0 Å². The Bertz CT molecular complexity index is 469. The maximum Gasteiger partial charge on any atom is 0.348 e. The van der Waals surface area contributed by atoms with E-state index in [0.29, 0.717) is 5.69 Å². The van der Waals surface area contributed by atoms with Crippen LogP contribution in [0.1, 0.15) is 17.8 Å². The van der Waals surface area contributed by atoms with Crippen LogP contribution in [-0.2, 0) is 11.3 Å². The second-order valence-electron chi connectivity index (χ2n) is 3.35. The smallest absolute Gasteiger partial charge is 0.295 e. The van der Waals surface area contributed by atoms with Gasteiger partial charge in [-0.25, -0.2) is 10.6 Å². The van der Waals surface area contributed by atoms with Gasteiger partial charge in [0.25, 0.3) is 0 Å². The molecule has 0 radical (unpaired) electrons. The lowest BCUT2D eigenvalue weighted by atomic mass is 10.3. The molecule has 88 valence electrons. The van der Waals surface area contributed by atoms with Crippen LogP contribution in [0, 0.1) is 13.8 Å². The summed E-state index contributed by atoms with van der Waals surface area (Å²) in [5, 5.41) is 0. The van der Waals surface area contributed by atoms with Crippen molar-refractivity contribution in [3.63, 3.8) is 0 Å². The van der Waals surface area contributed by atoms with E-state index in [4.69, 9.17) is 5.84 Å². The molecule has 0 aliphatic carbocycles. The minimum absolute atomic E-state index is 0.147. The molecule has 1 rings (SSSR count). The van der Waals surface area contributed by atoms with E-state index in [9.17, 15) is 9.59 Å². The second kappa shape index (κ2) is 5.22. The van der Waals surface area contributed by atoms with Gasteiger partial charge in [0.1, 0.15) is 0 Å². The summed E-state index contributed by atoms with van der Waals surface area (Å²) in [7, 11) is 0. The normalized spacial score (nSPS) is 10.2. The van der Waals surface area contributed by atoms with Crippen molar-refractivity contribution in [2.24, 2.45) is 5.84 Å². The first-order chi connectivity index (χ1) is 7.47. The fourth-order valence-corrected chi connectivity index (χ4v) is 1.63. The largest absolute Gasteiger partial charge is 0.348 e. The number of aryl methyl sites for hydroxylation is 1. The average Bonchev–Trinajstić information content (AvgIpc) is 2.25. The molecular weight excluding hydrogens is 276 g/mol. The highest BCUT2D eigenvalue weighted by Crippen LogP contribution is 2.16. The summed E-state index contributed by atoms with van der Waals surface area (Å²) in [6.07, 6.45) is 0.147. The van der Waals surface area contributed by atoms with Crippen molar-refractivity contribution < 1.29 is 4.79 Å². The zero-order chi connectivity index (χ0) is 12.3. The van der Waals surface area contributed by atoms with Crippen molar-refractivity contribution in [2.45, 2.75) is 26.8 Å². The molecule has 1 amide bonds. The van der Waals surface area contributed by atoms with Gasteiger partial charge in [-0.15, -0.1) is 0 Å². The quantitative estimate of drug-likeness (QED) is 0.466. The number of hydrogen-bond donors (Lipinski definition) is 2. The number of aromatic nitrogens is 2. The molecule has 7 heteroatoms. The Morgan fingerprint density at radius 1 is 1.56 bits per heavy atom. The Balaban J connectivity index is 3.01. The zero-order valence-electron chi connectivity index (χ0n) is 9.08. The molecule has 1 aromatic heterocycles. The van der Waals surface area contributed by atoms with Gasteiger partial charge in [-0.3, -0.25) is 14.8 Å². The first-order valence-corrected chi connectivity index (χ1v) is 5.49. The van der Waals surface area contributed by atoms with Crippen molar-refractivity contribution in [3.05, 3.63) is 26.3 Å². The van der Waals surface area contributed by atoms with Gasteiger partial charge < -0.3 is 0 Å². The average molecular weight is 289 g/mol. The molecule has 0 aliphatic heterocycles. The van der Waals surface area contributed by atoms with Crippen LogP contribution in [0.25, 0.3) is 0 Å². The van der Waals surface area contributed by atoms with Crippen LogP contribution in [0.4, 0.5) is 0 Å². The van der Waals surface area contributed by atoms with Crippen LogP contribution >= 0.6 is 15.9 Å². The van der Waals surface area contributed by atoms with E-state index in [0.717, 1.165) is 10.2 Å². The third-order valence-corrected chi connectivity index (χ3v) is 3.41. The van der Waals surface area contributed by atoms with Crippen molar-refractivity contribution in [3.8, 4) is 0 Å². The van der Waals surface area contributed by atoms with Gasteiger partial charge >= 0.3 is 5.69 Å². The highest BCUT2D eigenvalue weighted by atomic mass is 79.9. The van der Waals surface area contributed by atoms with Crippen LogP contribution in [0.15, 0.2) is 9.27 Å². The summed E-state index contributed by atoms with van der Waals surface area (Å²) in [6.45, 7) is 3.80. The topological polar surface area (TPSA) is 90.0 Å². The first-order valence-electron chi connectivity index (χ1n) is 4.70. The molecule has 0 atom stereocenters. The number of rotatable bonds is 3. The van der Waals surface area contributed by atoms with Crippen LogP contribution in [-0.4, -0.2) is 15.5 Å². The van der Waals surface area contributed by atoms with E-state index in [2.05, 4.69) is 20.9 Å². The van der Waals surface area contributed by atoms with E-state index in [1.165, 1.54) is 4.57 Å². The van der Waals surface area contributed by atoms with Gasteiger partial charge in [-0.05, 0) is 29.8 Å². The number of halogens is 1. The van der Waals surface area contributed by atoms with E-state index in [-0.39, 0.29) is 24.6 Å². The standard InChI is InChI=1S/C9H13BrN4O2/c1-5-8(10)6(2)14(9(16)12-5)4-3-7(15)13-11/h3-4,11H2,1-2H3,(H,13,15).